The topological polar surface area (TPSA) is 39.8 Å². The largest absolute Gasteiger partial charge is 0.304 e. The molecule has 118 valence electrons. The molecular weight excluding hydrogens is 326 g/mol. The number of allylic oxidation sites excluding steroid dienone is 1. The third kappa shape index (κ3) is 3.04. The number of rotatable bonds is 5. The summed E-state index contributed by atoms with van der Waals surface area (Å²) in [5, 5.41) is 0. The molecule has 0 unspecified atom stereocenters. The van der Waals surface area contributed by atoms with Gasteiger partial charge in [-0.05, 0) is 23.7 Å². The Morgan fingerprint density at radius 1 is 1.39 bits per heavy atom. The first-order valence-corrected chi connectivity index (χ1v) is 8.59. The molecule has 23 heavy (non-hydrogen) atoms. The van der Waals surface area contributed by atoms with Crippen LogP contribution in [0.5, 0.6) is 0 Å². The molecule has 1 aromatic carbocycles. The maximum Gasteiger partial charge on any atom is 0.272 e. The fourth-order valence-corrected chi connectivity index (χ4v) is 3.89. The van der Waals surface area contributed by atoms with Crippen molar-refractivity contribution in [2.75, 3.05) is 0 Å². The summed E-state index contributed by atoms with van der Waals surface area (Å²) in [6.07, 6.45) is 3.37. The number of aromatic nitrogens is 3. The molecule has 1 atom stereocenters. The lowest BCUT2D eigenvalue weighted by atomic mass is 10.0. The Morgan fingerprint density at radius 3 is 2.83 bits per heavy atom. The molecule has 3 rings (SSSR count). The zero-order valence-corrected chi connectivity index (χ0v) is 14.4. The Morgan fingerprint density at radius 2 is 2.13 bits per heavy atom. The van der Waals surface area contributed by atoms with Gasteiger partial charge in [-0.15, -0.1) is 6.58 Å². The van der Waals surface area contributed by atoms with Crippen LogP contribution in [0.25, 0.3) is 10.3 Å². The molecule has 0 spiro atoms. The van der Waals surface area contributed by atoms with Crippen LogP contribution in [0, 0.1) is 3.95 Å². The molecule has 3 aromatic rings. The number of hydrogen-bond donors (Lipinski definition) is 0. The lowest BCUT2D eigenvalue weighted by Gasteiger charge is -2.13. The second-order valence-corrected chi connectivity index (χ2v) is 7.08. The normalized spacial score (nSPS) is 12.4. The number of thiazole rings is 1. The van der Waals surface area contributed by atoms with Crippen molar-refractivity contribution in [2.24, 2.45) is 0 Å². The van der Waals surface area contributed by atoms with Crippen molar-refractivity contribution in [2.45, 2.75) is 25.9 Å². The Kier molecular flexibility index (Phi) is 4.54. The van der Waals surface area contributed by atoms with Crippen LogP contribution in [-0.2, 0) is 13.1 Å². The average Bonchev–Trinajstić information content (AvgIpc) is 2.88. The monoisotopic (exact) mass is 343 g/mol. The maximum absolute atomic E-state index is 12.7. The highest BCUT2D eigenvalue weighted by atomic mass is 32.1. The molecule has 0 bridgehead atoms. The van der Waals surface area contributed by atoms with Crippen LogP contribution in [-0.4, -0.2) is 14.1 Å². The number of nitrogens with zero attached hydrogens (tertiary/aromatic N) is 3. The van der Waals surface area contributed by atoms with Gasteiger partial charge in [-0.2, -0.15) is 0 Å². The summed E-state index contributed by atoms with van der Waals surface area (Å²) < 4.78 is 4.77. The molecule has 0 aliphatic carbocycles. The van der Waals surface area contributed by atoms with E-state index in [0.29, 0.717) is 27.4 Å². The summed E-state index contributed by atoms with van der Waals surface area (Å²) in [5.41, 5.74) is 1.82. The Bertz CT molecular complexity index is 953. The molecule has 6 heteroatoms. The fraction of sp³-hybridized carbons (Fsp3) is 0.235. The van der Waals surface area contributed by atoms with Crippen molar-refractivity contribution >= 4 is 33.9 Å². The first-order chi connectivity index (χ1) is 11.1. The first-order valence-electron chi connectivity index (χ1n) is 7.36. The van der Waals surface area contributed by atoms with Gasteiger partial charge in [0.25, 0.3) is 5.56 Å². The summed E-state index contributed by atoms with van der Waals surface area (Å²) in [5.74, 6) is 0.233. The van der Waals surface area contributed by atoms with Gasteiger partial charge in [-0.25, -0.2) is 4.98 Å². The van der Waals surface area contributed by atoms with E-state index in [1.54, 1.807) is 17.0 Å². The summed E-state index contributed by atoms with van der Waals surface area (Å²) >= 11 is 6.65. The minimum Gasteiger partial charge on any atom is -0.304 e. The van der Waals surface area contributed by atoms with Gasteiger partial charge >= 0.3 is 0 Å². The molecule has 2 heterocycles. The predicted molar refractivity (Wildman–Crippen MR) is 97.8 cm³/mol. The van der Waals surface area contributed by atoms with Gasteiger partial charge in [0, 0.05) is 13.1 Å². The van der Waals surface area contributed by atoms with E-state index in [-0.39, 0.29) is 11.5 Å². The van der Waals surface area contributed by atoms with E-state index in [4.69, 9.17) is 12.2 Å². The Labute approximate surface area is 143 Å². The highest BCUT2D eigenvalue weighted by Gasteiger charge is 2.13. The van der Waals surface area contributed by atoms with Crippen LogP contribution >= 0.6 is 23.6 Å². The molecule has 0 fully saturated rings. The van der Waals surface area contributed by atoms with Crippen LogP contribution in [0.2, 0.25) is 0 Å². The number of fused-ring (bicyclic) bond motifs is 1. The average molecular weight is 343 g/mol. The highest BCUT2D eigenvalue weighted by Crippen LogP contribution is 2.19. The van der Waals surface area contributed by atoms with E-state index in [1.165, 1.54) is 16.9 Å². The second-order valence-electron chi connectivity index (χ2n) is 5.43. The zero-order chi connectivity index (χ0) is 16.4. The minimum atomic E-state index is -0.0308. The summed E-state index contributed by atoms with van der Waals surface area (Å²) in [4.78, 5) is 17.2. The molecule has 0 saturated heterocycles. The lowest BCUT2D eigenvalue weighted by molar-refractivity contribution is 0.576. The Hall–Kier alpha value is -2.05. The quantitative estimate of drug-likeness (QED) is 0.520. The standard InChI is InChI=1S/C17H17N3OS2/c1-3-9-20-15-14(23-17(20)22)16(21)19(11-18-15)10-12(2)13-7-5-4-6-8-13/h3-8,11-12H,1,9-10H2,2H3/t12-/m1/s1. The van der Waals surface area contributed by atoms with Gasteiger partial charge in [-0.3, -0.25) is 9.36 Å². The fourth-order valence-electron chi connectivity index (χ4n) is 2.57. The van der Waals surface area contributed by atoms with Crippen molar-refractivity contribution in [3.8, 4) is 0 Å². The van der Waals surface area contributed by atoms with E-state index in [1.807, 2.05) is 22.8 Å². The van der Waals surface area contributed by atoms with Crippen molar-refractivity contribution < 1.29 is 0 Å². The molecule has 0 amide bonds. The van der Waals surface area contributed by atoms with Crippen LogP contribution in [0.15, 0.2) is 54.1 Å². The zero-order valence-electron chi connectivity index (χ0n) is 12.8. The number of benzene rings is 1. The van der Waals surface area contributed by atoms with E-state index in [9.17, 15) is 4.79 Å². The second kappa shape index (κ2) is 6.60. The smallest absolute Gasteiger partial charge is 0.272 e. The van der Waals surface area contributed by atoms with Gasteiger partial charge < -0.3 is 4.57 Å². The minimum absolute atomic E-state index is 0.0308. The molecule has 0 aliphatic rings. The molecule has 0 N–H and O–H groups in total. The third-order valence-corrected chi connectivity index (χ3v) is 5.22. The van der Waals surface area contributed by atoms with Crippen molar-refractivity contribution in [1.29, 1.82) is 0 Å². The van der Waals surface area contributed by atoms with E-state index in [2.05, 4.69) is 30.6 Å². The van der Waals surface area contributed by atoms with Crippen molar-refractivity contribution in [1.82, 2.24) is 14.1 Å². The van der Waals surface area contributed by atoms with Gasteiger partial charge in [0.2, 0.25) is 0 Å². The van der Waals surface area contributed by atoms with Gasteiger partial charge in [0.05, 0.1) is 6.33 Å². The van der Waals surface area contributed by atoms with Gasteiger partial charge in [-0.1, -0.05) is 54.7 Å². The van der Waals surface area contributed by atoms with Gasteiger partial charge in [0.1, 0.15) is 4.70 Å². The molecule has 0 radical (unpaired) electrons. The number of hydrogen-bond acceptors (Lipinski definition) is 4. The SMILES string of the molecule is C=CCn1c(=S)sc2c(=O)n(C[C@@H](C)c3ccccc3)cnc21. The van der Waals surface area contributed by atoms with Crippen molar-refractivity contribution in [3.63, 3.8) is 0 Å². The molecule has 2 aromatic heterocycles. The van der Waals surface area contributed by atoms with Gasteiger partial charge in [0.15, 0.2) is 9.60 Å². The first kappa shape index (κ1) is 15.8. The third-order valence-electron chi connectivity index (χ3n) is 3.79. The van der Waals surface area contributed by atoms with Crippen LogP contribution < -0.4 is 5.56 Å². The molecule has 0 aliphatic heterocycles. The molecule has 0 saturated carbocycles. The van der Waals surface area contributed by atoms with E-state index in [0.717, 1.165) is 0 Å². The van der Waals surface area contributed by atoms with Crippen LogP contribution in [0.4, 0.5) is 0 Å². The van der Waals surface area contributed by atoms with E-state index >= 15 is 0 Å². The summed E-state index contributed by atoms with van der Waals surface area (Å²) in [6.45, 7) is 6.99. The van der Waals surface area contributed by atoms with Crippen LogP contribution in [0.1, 0.15) is 18.4 Å². The summed E-state index contributed by atoms with van der Waals surface area (Å²) in [7, 11) is 0. The highest BCUT2D eigenvalue weighted by molar-refractivity contribution is 7.73. The van der Waals surface area contributed by atoms with Crippen molar-refractivity contribution in [3.05, 3.63) is 69.2 Å². The molecular formula is C17H17N3OS2. The van der Waals surface area contributed by atoms with Crippen LogP contribution in [0.3, 0.4) is 0 Å². The Balaban J connectivity index is 2.00. The lowest BCUT2D eigenvalue weighted by Crippen LogP contribution is -2.22. The van der Waals surface area contributed by atoms with E-state index < -0.39 is 0 Å². The predicted octanol–water partition coefficient (Wildman–Crippen LogP) is 3.98. The summed E-state index contributed by atoms with van der Waals surface area (Å²) in [6, 6.07) is 10.2. The molecule has 4 nitrogen and oxygen atoms in total. The maximum atomic E-state index is 12.7.